The number of rotatable bonds is 1. The number of nitrogens with zero attached hydrogens (tertiary/aromatic N) is 3. The Morgan fingerprint density at radius 2 is 2.04 bits per heavy atom. The van der Waals surface area contributed by atoms with Crippen molar-refractivity contribution in [2.75, 3.05) is 0 Å². The Balaban J connectivity index is 1.65. The van der Waals surface area contributed by atoms with Crippen molar-refractivity contribution in [1.82, 2.24) is 20.3 Å². The number of Topliss-reactive ketones (excluding diaryl/α,β-unsaturated/α-hetero) is 1. The van der Waals surface area contributed by atoms with E-state index in [0.717, 1.165) is 72.3 Å². The first-order chi connectivity index (χ1) is 11.8. The van der Waals surface area contributed by atoms with Crippen LogP contribution in [0.5, 0.6) is 0 Å². The lowest BCUT2D eigenvalue weighted by atomic mass is 9.64. The van der Waals surface area contributed by atoms with Crippen LogP contribution in [0.3, 0.4) is 0 Å². The van der Waals surface area contributed by atoms with E-state index < -0.39 is 5.41 Å². The number of pyridine rings is 1. The molecule has 3 aromatic rings. The largest absolute Gasteiger partial charge is 0.359 e. The highest BCUT2D eigenvalue weighted by Crippen LogP contribution is 2.47. The molecule has 0 radical (unpaired) electrons. The summed E-state index contributed by atoms with van der Waals surface area (Å²) in [5, 5.41) is 12.2. The molecule has 1 saturated carbocycles. The predicted octanol–water partition coefficient (Wildman–Crippen LogP) is 3.33. The lowest BCUT2D eigenvalue weighted by Gasteiger charge is -2.36. The van der Waals surface area contributed by atoms with E-state index in [4.69, 9.17) is 4.52 Å². The van der Waals surface area contributed by atoms with Gasteiger partial charge >= 0.3 is 0 Å². The number of aromatic nitrogens is 4. The topological polar surface area (TPSA) is 84.7 Å². The van der Waals surface area contributed by atoms with Gasteiger partial charge in [-0.3, -0.25) is 9.89 Å². The summed E-state index contributed by atoms with van der Waals surface area (Å²) >= 11 is 0. The molecule has 3 heterocycles. The van der Waals surface area contributed by atoms with Gasteiger partial charge in [0.1, 0.15) is 11.5 Å². The van der Waals surface area contributed by atoms with Gasteiger partial charge in [-0.2, -0.15) is 5.10 Å². The third-order valence-corrected chi connectivity index (χ3v) is 5.59. The average Bonchev–Trinajstić information content (AvgIpc) is 3.24. The minimum absolute atomic E-state index is 0.328. The molecule has 5 rings (SSSR count). The first-order valence-electron chi connectivity index (χ1n) is 8.61. The van der Waals surface area contributed by atoms with Gasteiger partial charge in [0.05, 0.1) is 17.3 Å². The second kappa shape index (κ2) is 5.00. The van der Waals surface area contributed by atoms with Crippen molar-refractivity contribution < 1.29 is 9.32 Å². The number of hydrogen-bond acceptors (Lipinski definition) is 5. The van der Waals surface area contributed by atoms with Gasteiger partial charge in [-0.1, -0.05) is 11.6 Å². The van der Waals surface area contributed by atoms with Crippen LogP contribution in [0.15, 0.2) is 22.9 Å². The number of carbonyl (C=O) groups is 1. The molecule has 122 valence electrons. The zero-order chi connectivity index (χ0) is 16.1. The van der Waals surface area contributed by atoms with Crippen LogP contribution in [-0.4, -0.2) is 26.1 Å². The first-order valence-corrected chi connectivity index (χ1v) is 8.61. The van der Waals surface area contributed by atoms with Crippen molar-refractivity contribution in [3.05, 3.63) is 29.7 Å². The fourth-order valence-corrected chi connectivity index (χ4v) is 4.35. The molecule has 0 bridgehead atoms. The van der Waals surface area contributed by atoms with Crippen LogP contribution in [0.2, 0.25) is 0 Å². The molecule has 6 heteroatoms. The second-order valence-corrected chi connectivity index (χ2v) is 6.91. The smallest absolute Gasteiger partial charge is 0.155 e. The maximum absolute atomic E-state index is 12.7. The molecule has 1 N–H and O–H groups in total. The van der Waals surface area contributed by atoms with Crippen LogP contribution in [-0.2, 0) is 16.6 Å². The van der Waals surface area contributed by atoms with E-state index in [1.54, 1.807) is 6.20 Å². The Morgan fingerprint density at radius 3 is 2.96 bits per heavy atom. The maximum atomic E-state index is 12.7. The molecular weight excluding hydrogens is 304 g/mol. The maximum Gasteiger partial charge on any atom is 0.155 e. The van der Waals surface area contributed by atoms with Crippen molar-refractivity contribution in [3.8, 4) is 11.4 Å². The van der Waals surface area contributed by atoms with Crippen LogP contribution in [0.1, 0.15) is 49.8 Å². The molecule has 2 aliphatic rings. The van der Waals surface area contributed by atoms with Crippen LogP contribution in [0.25, 0.3) is 22.4 Å². The van der Waals surface area contributed by atoms with Gasteiger partial charge in [-0.15, -0.1) is 0 Å². The Labute approximate surface area is 138 Å². The first kappa shape index (κ1) is 13.9. The number of hydrogen-bond donors (Lipinski definition) is 1. The lowest BCUT2D eigenvalue weighted by molar-refractivity contribution is -0.128. The zero-order valence-electron chi connectivity index (χ0n) is 13.3. The average molecular weight is 322 g/mol. The predicted molar refractivity (Wildman–Crippen MR) is 87.5 cm³/mol. The highest BCUT2D eigenvalue weighted by molar-refractivity contribution is 5.91. The molecule has 1 spiro atoms. The summed E-state index contributed by atoms with van der Waals surface area (Å²) in [6, 6.07) is 3.92. The molecular formula is C18H18N4O2. The van der Waals surface area contributed by atoms with Crippen molar-refractivity contribution >= 4 is 16.8 Å². The summed E-state index contributed by atoms with van der Waals surface area (Å²) in [7, 11) is 0. The molecule has 0 amide bonds. The fraction of sp³-hybridized carbons (Fsp3) is 0.444. The number of ketones is 1. The Kier molecular flexibility index (Phi) is 2.89. The van der Waals surface area contributed by atoms with Gasteiger partial charge in [0.2, 0.25) is 0 Å². The van der Waals surface area contributed by atoms with E-state index in [9.17, 15) is 4.79 Å². The van der Waals surface area contributed by atoms with E-state index in [2.05, 4.69) is 20.3 Å². The molecule has 1 fully saturated rings. The Hall–Kier alpha value is -2.50. The molecule has 0 saturated heterocycles. The number of fused-ring (bicyclic) bond motifs is 3. The number of H-pyrrole nitrogens is 1. The van der Waals surface area contributed by atoms with E-state index >= 15 is 0 Å². The summed E-state index contributed by atoms with van der Waals surface area (Å²) in [6.45, 7) is 0. The fourth-order valence-electron chi connectivity index (χ4n) is 4.35. The Bertz CT molecular complexity index is 942. The zero-order valence-corrected chi connectivity index (χ0v) is 13.3. The van der Waals surface area contributed by atoms with Gasteiger partial charge in [-0.25, -0.2) is 4.98 Å². The highest BCUT2D eigenvalue weighted by atomic mass is 16.5. The lowest BCUT2D eigenvalue weighted by Crippen LogP contribution is -2.41. The van der Waals surface area contributed by atoms with Crippen molar-refractivity contribution in [2.24, 2.45) is 0 Å². The van der Waals surface area contributed by atoms with Gasteiger partial charge in [0.15, 0.2) is 11.4 Å². The molecule has 1 atom stereocenters. The molecule has 24 heavy (non-hydrogen) atoms. The molecule has 0 aromatic carbocycles. The monoisotopic (exact) mass is 322 g/mol. The van der Waals surface area contributed by atoms with E-state index in [-0.39, 0.29) is 0 Å². The molecule has 0 aliphatic heterocycles. The van der Waals surface area contributed by atoms with Crippen LogP contribution in [0.4, 0.5) is 0 Å². The SMILES string of the molecule is O=C1CCCC[C@@]12CCCc1c(-c3ccc4cn[nH]c4n3)noc12. The minimum atomic E-state index is -0.435. The van der Waals surface area contributed by atoms with Gasteiger partial charge < -0.3 is 4.52 Å². The summed E-state index contributed by atoms with van der Waals surface area (Å²) in [4.78, 5) is 17.3. The molecule has 0 unspecified atom stereocenters. The number of aromatic amines is 1. The van der Waals surface area contributed by atoms with Gasteiger partial charge in [0, 0.05) is 17.4 Å². The van der Waals surface area contributed by atoms with Crippen molar-refractivity contribution in [2.45, 2.75) is 50.4 Å². The number of nitrogens with one attached hydrogen (secondary N) is 1. The summed E-state index contributed by atoms with van der Waals surface area (Å²) in [5.74, 6) is 1.13. The molecule has 6 nitrogen and oxygen atoms in total. The van der Waals surface area contributed by atoms with E-state index in [1.807, 2.05) is 12.1 Å². The van der Waals surface area contributed by atoms with Crippen molar-refractivity contribution in [3.63, 3.8) is 0 Å². The van der Waals surface area contributed by atoms with Crippen LogP contribution >= 0.6 is 0 Å². The quantitative estimate of drug-likeness (QED) is 0.743. The highest BCUT2D eigenvalue weighted by Gasteiger charge is 2.48. The third kappa shape index (κ3) is 1.82. The van der Waals surface area contributed by atoms with E-state index in [1.165, 1.54) is 0 Å². The number of carbonyl (C=O) groups excluding carboxylic acids is 1. The van der Waals surface area contributed by atoms with Gasteiger partial charge in [-0.05, 0) is 44.2 Å². The molecule has 3 aromatic heterocycles. The summed E-state index contributed by atoms with van der Waals surface area (Å²) in [5.41, 5.74) is 2.93. The van der Waals surface area contributed by atoms with Crippen LogP contribution in [0, 0.1) is 0 Å². The minimum Gasteiger partial charge on any atom is -0.359 e. The standard InChI is InChI=1S/C18H18N4O2/c23-14-5-1-2-8-18(14)9-3-4-12-15(22-24-16(12)18)13-7-6-11-10-19-21-17(11)20-13/h6-7,10H,1-5,8-9H2,(H,19,20,21)/t18-/m1/s1. The summed E-state index contributed by atoms with van der Waals surface area (Å²) in [6.07, 6.45) is 8.16. The third-order valence-electron chi connectivity index (χ3n) is 5.59. The van der Waals surface area contributed by atoms with Crippen molar-refractivity contribution in [1.29, 1.82) is 0 Å². The summed E-state index contributed by atoms with van der Waals surface area (Å²) < 4.78 is 5.76. The normalized spacial score (nSPS) is 23.8. The van der Waals surface area contributed by atoms with Gasteiger partial charge in [0.25, 0.3) is 0 Å². The molecule has 2 aliphatic carbocycles. The van der Waals surface area contributed by atoms with Crippen LogP contribution < -0.4 is 0 Å². The Morgan fingerprint density at radius 1 is 1.12 bits per heavy atom. The van der Waals surface area contributed by atoms with E-state index in [0.29, 0.717) is 12.2 Å². The second-order valence-electron chi connectivity index (χ2n) is 6.91.